The first-order valence-electron chi connectivity index (χ1n) is 7.65. The molecule has 1 nitrogen and oxygen atoms in total. The molecule has 1 fully saturated rings. The molecular weight excluding hydrogens is 218 g/mol. The van der Waals surface area contributed by atoms with Crippen LogP contribution in [0.2, 0.25) is 0 Å². The lowest BCUT2D eigenvalue weighted by atomic mass is 9.98. The fourth-order valence-electron chi connectivity index (χ4n) is 2.46. The SMILES string of the molecule is CC.CC.Cc1ccc2c(c1)CN(C1CC1)CC2. The highest BCUT2D eigenvalue weighted by molar-refractivity contribution is 5.33. The lowest BCUT2D eigenvalue weighted by Crippen LogP contribution is -2.32. The van der Waals surface area contributed by atoms with E-state index in [1.54, 1.807) is 11.1 Å². The van der Waals surface area contributed by atoms with Crippen LogP contribution < -0.4 is 0 Å². The van der Waals surface area contributed by atoms with Gasteiger partial charge in [0.05, 0.1) is 0 Å². The van der Waals surface area contributed by atoms with Gasteiger partial charge in [-0.3, -0.25) is 4.90 Å². The van der Waals surface area contributed by atoms with Crippen molar-refractivity contribution in [3.63, 3.8) is 0 Å². The van der Waals surface area contributed by atoms with Crippen LogP contribution in [0.25, 0.3) is 0 Å². The van der Waals surface area contributed by atoms with Crippen molar-refractivity contribution in [2.75, 3.05) is 6.54 Å². The summed E-state index contributed by atoms with van der Waals surface area (Å²) in [6.07, 6.45) is 4.12. The topological polar surface area (TPSA) is 3.24 Å². The summed E-state index contributed by atoms with van der Waals surface area (Å²) in [4.78, 5) is 2.65. The molecule has 0 N–H and O–H groups in total. The summed E-state index contributed by atoms with van der Waals surface area (Å²) in [5.41, 5.74) is 4.55. The van der Waals surface area contributed by atoms with Crippen LogP contribution in [-0.2, 0) is 13.0 Å². The number of benzene rings is 1. The summed E-state index contributed by atoms with van der Waals surface area (Å²) >= 11 is 0. The second-order valence-electron chi connectivity index (χ2n) is 4.72. The molecule has 1 heteroatoms. The van der Waals surface area contributed by atoms with Gasteiger partial charge in [-0.1, -0.05) is 51.5 Å². The smallest absolute Gasteiger partial charge is 0.0239 e. The lowest BCUT2D eigenvalue weighted by molar-refractivity contribution is 0.243. The Hall–Kier alpha value is -0.820. The van der Waals surface area contributed by atoms with Gasteiger partial charge in [0.2, 0.25) is 0 Å². The van der Waals surface area contributed by atoms with Crippen molar-refractivity contribution in [3.05, 3.63) is 34.9 Å². The molecule has 3 rings (SSSR count). The first kappa shape index (κ1) is 15.2. The number of nitrogens with zero attached hydrogens (tertiary/aromatic N) is 1. The quantitative estimate of drug-likeness (QED) is 0.703. The number of aryl methyl sites for hydroxylation is 1. The minimum Gasteiger partial charge on any atom is -0.296 e. The first-order valence-corrected chi connectivity index (χ1v) is 7.65. The predicted molar refractivity (Wildman–Crippen MR) is 81.0 cm³/mol. The van der Waals surface area contributed by atoms with Gasteiger partial charge in [0.1, 0.15) is 0 Å². The van der Waals surface area contributed by atoms with Crippen LogP contribution in [0.3, 0.4) is 0 Å². The van der Waals surface area contributed by atoms with Crippen molar-refractivity contribution in [1.29, 1.82) is 0 Å². The Morgan fingerprint density at radius 2 is 1.67 bits per heavy atom. The third-order valence-electron chi connectivity index (χ3n) is 3.47. The number of hydrogen-bond acceptors (Lipinski definition) is 1. The molecule has 0 bridgehead atoms. The second kappa shape index (κ2) is 7.58. The van der Waals surface area contributed by atoms with E-state index in [0.29, 0.717) is 0 Å². The molecule has 0 radical (unpaired) electrons. The van der Waals surface area contributed by atoms with Crippen molar-refractivity contribution >= 4 is 0 Å². The van der Waals surface area contributed by atoms with Gasteiger partial charge < -0.3 is 0 Å². The Morgan fingerprint density at radius 1 is 1.00 bits per heavy atom. The van der Waals surface area contributed by atoms with E-state index < -0.39 is 0 Å². The van der Waals surface area contributed by atoms with Crippen molar-refractivity contribution in [2.45, 2.75) is 66.5 Å². The Bertz CT molecular complexity index is 353. The average Bonchev–Trinajstić information content (AvgIpc) is 3.27. The fraction of sp³-hybridized carbons (Fsp3) is 0.647. The number of fused-ring (bicyclic) bond motifs is 1. The maximum absolute atomic E-state index is 2.65. The molecule has 0 aromatic heterocycles. The predicted octanol–water partition coefficient (Wildman–Crippen LogP) is 4.57. The molecular formula is C17H29N. The van der Waals surface area contributed by atoms with Gasteiger partial charge in [0, 0.05) is 19.1 Å². The highest BCUT2D eigenvalue weighted by atomic mass is 15.2. The minimum absolute atomic E-state index is 0.920. The van der Waals surface area contributed by atoms with Crippen molar-refractivity contribution in [1.82, 2.24) is 4.90 Å². The van der Waals surface area contributed by atoms with Gasteiger partial charge in [-0.05, 0) is 37.3 Å². The zero-order valence-corrected chi connectivity index (χ0v) is 12.8. The molecule has 18 heavy (non-hydrogen) atoms. The van der Waals surface area contributed by atoms with Crippen molar-refractivity contribution < 1.29 is 0 Å². The van der Waals surface area contributed by atoms with Crippen LogP contribution in [0.4, 0.5) is 0 Å². The average molecular weight is 247 g/mol. The minimum atomic E-state index is 0.920. The fourth-order valence-corrected chi connectivity index (χ4v) is 2.46. The van der Waals surface area contributed by atoms with Crippen molar-refractivity contribution in [3.8, 4) is 0 Å². The zero-order valence-electron chi connectivity index (χ0n) is 12.8. The third-order valence-corrected chi connectivity index (χ3v) is 3.47. The van der Waals surface area contributed by atoms with Crippen LogP contribution in [0.1, 0.15) is 57.2 Å². The highest BCUT2D eigenvalue weighted by Crippen LogP contribution is 2.31. The van der Waals surface area contributed by atoms with E-state index in [2.05, 4.69) is 30.0 Å². The standard InChI is InChI=1S/C13H17N.2C2H6/c1-10-2-3-11-6-7-14(13-4-5-13)9-12(11)8-10;2*1-2/h2-3,8,13H,4-7,9H2,1H3;2*1-2H3. The summed E-state index contributed by atoms with van der Waals surface area (Å²) < 4.78 is 0. The Balaban J connectivity index is 0.000000371. The zero-order chi connectivity index (χ0) is 13.5. The summed E-state index contributed by atoms with van der Waals surface area (Å²) in [5.74, 6) is 0. The normalized spacial score (nSPS) is 17.8. The third kappa shape index (κ3) is 3.84. The maximum atomic E-state index is 2.65. The highest BCUT2D eigenvalue weighted by Gasteiger charge is 2.30. The van der Waals surface area contributed by atoms with Gasteiger partial charge in [-0.2, -0.15) is 0 Å². The number of hydrogen-bond donors (Lipinski definition) is 0. The van der Waals surface area contributed by atoms with Crippen LogP contribution in [0, 0.1) is 6.92 Å². The van der Waals surface area contributed by atoms with E-state index in [1.165, 1.54) is 37.9 Å². The molecule has 1 aromatic carbocycles. The Labute approximate surface area is 113 Å². The Morgan fingerprint density at radius 3 is 2.28 bits per heavy atom. The molecule has 1 heterocycles. The van der Waals surface area contributed by atoms with Crippen molar-refractivity contribution in [2.24, 2.45) is 0 Å². The molecule has 1 saturated carbocycles. The Kier molecular flexibility index (Phi) is 6.42. The van der Waals surface area contributed by atoms with Crippen LogP contribution in [0.15, 0.2) is 18.2 Å². The van der Waals surface area contributed by atoms with E-state index in [9.17, 15) is 0 Å². The summed E-state index contributed by atoms with van der Waals surface area (Å²) in [6, 6.07) is 7.84. The molecule has 0 unspecified atom stereocenters. The van der Waals surface area contributed by atoms with E-state index >= 15 is 0 Å². The monoisotopic (exact) mass is 247 g/mol. The molecule has 0 saturated heterocycles. The largest absolute Gasteiger partial charge is 0.296 e. The number of rotatable bonds is 1. The van der Waals surface area contributed by atoms with Gasteiger partial charge in [-0.25, -0.2) is 0 Å². The molecule has 102 valence electrons. The second-order valence-corrected chi connectivity index (χ2v) is 4.72. The summed E-state index contributed by atoms with van der Waals surface area (Å²) in [6.45, 7) is 12.7. The molecule has 1 aromatic rings. The molecule has 2 aliphatic rings. The molecule has 0 atom stereocenters. The maximum Gasteiger partial charge on any atom is 0.0239 e. The van der Waals surface area contributed by atoms with Gasteiger partial charge in [-0.15, -0.1) is 0 Å². The molecule has 0 spiro atoms. The molecule has 1 aliphatic heterocycles. The first-order chi connectivity index (χ1) is 8.83. The van der Waals surface area contributed by atoms with Gasteiger partial charge in [0.25, 0.3) is 0 Å². The molecule has 0 amide bonds. The van der Waals surface area contributed by atoms with E-state index in [-0.39, 0.29) is 0 Å². The van der Waals surface area contributed by atoms with Crippen LogP contribution >= 0.6 is 0 Å². The lowest BCUT2D eigenvalue weighted by Gasteiger charge is -2.28. The van der Waals surface area contributed by atoms with E-state index in [0.717, 1.165) is 6.04 Å². The summed E-state index contributed by atoms with van der Waals surface area (Å²) in [5, 5.41) is 0. The van der Waals surface area contributed by atoms with Gasteiger partial charge in [0.15, 0.2) is 0 Å². The van der Waals surface area contributed by atoms with E-state index in [4.69, 9.17) is 0 Å². The summed E-state index contributed by atoms with van der Waals surface area (Å²) in [7, 11) is 0. The molecule has 1 aliphatic carbocycles. The van der Waals surface area contributed by atoms with Crippen LogP contribution in [0.5, 0.6) is 0 Å². The van der Waals surface area contributed by atoms with E-state index in [1.807, 2.05) is 27.7 Å². The van der Waals surface area contributed by atoms with Crippen LogP contribution in [-0.4, -0.2) is 17.5 Å². The van der Waals surface area contributed by atoms with Gasteiger partial charge >= 0.3 is 0 Å².